The molecule has 0 saturated carbocycles. The van der Waals surface area contributed by atoms with E-state index in [0.29, 0.717) is 19.5 Å². The summed E-state index contributed by atoms with van der Waals surface area (Å²) < 4.78 is 0. The molecule has 1 saturated heterocycles. The highest BCUT2D eigenvalue weighted by molar-refractivity contribution is 6.06. The minimum atomic E-state index is -0.749. The molecule has 0 unspecified atom stereocenters. The van der Waals surface area contributed by atoms with Gasteiger partial charge in [0.2, 0.25) is 0 Å². The topological polar surface area (TPSA) is 90.1 Å². The predicted molar refractivity (Wildman–Crippen MR) is 91.4 cm³/mol. The zero-order valence-corrected chi connectivity index (χ0v) is 14.1. The summed E-state index contributed by atoms with van der Waals surface area (Å²) in [6, 6.07) is 5.79. The standard InChI is InChI=1S/C17H23N5O2/c1-3-17(2)15(23)22(16(24)20-17)9-5-8-18-10-12-6-4-7-13-11-19-21-14(12)13/h4,6-7,11,18H,3,5,8-10H2,1-2H3,(H,19,21)(H,20,24)/t17-/m1/s1. The average molecular weight is 329 g/mol. The normalized spacial score (nSPS) is 20.8. The molecule has 1 fully saturated rings. The summed E-state index contributed by atoms with van der Waals surface area (Å²) in [6.45, 7) is 5.55. The van der Waals surface area contributed by atoms with Crippen molar-refractivity contribution in [3.8, 4) is 0 Å². The quantitative estimate of drug-likeness (QED) is 0.533. The molecule has 1 aromatic carbocycles. The molecule has 1 atom stereocenters. The van der Waals surface area contributed by atoms with Crippen LogP contribution in [0.4, 0.5) is 4.79 Å². The van der Waals surface area contributed by atoms with Crippen LogP contribution in [0.2, 0.25) is 0 Å². The maximum Gasteiger partial charge on any atom is 0.325 e. The Morgan fingerprint density at radius 3 is 2.92 bits per heavy atom. The fourth-order valence-corrected chi connectivity index (χ4v) is 2.95. The molecule has 0 bridgehead atoms. The predicted octanol–water partition coefficient (Wildman–Crippen LogP) is 1.76. The van der Waals surface area contributed by atoms with Crippen molar-refractivity contribution < 1.29 is 9.59 Å². The molecule has 3 amide bonds. The number of urea groups is 1. The van der Waals surface area contributed by atoms with E-state index in [1.165, 1.54) is 4.90 Å². The van der Waals surface area contributed by atoms with Crippen LogP contribution in [0.5, 0.6) is 0 Å². The zero-order chi connectivity index (χ0) is 17.2. The molecular formula is C17H23N5O2. The van der Waals surface area contributed by atoms with Gasteiger partial charge in [-0.25, -0.2) is 4.79 Å². The average Bonchev–Trinajstić information content (AvgIpc) is 3.13. The molecule has 1 aromatic heterocycles. The van der Waals surface area contributed by atoms with Gasteiger partial charge in [0.1, 0.15) is 5.54 Å². The number of carbonyl (C=O) groups excluding carboxylic acids is 2. The lowest BCUT2D eigenvalue weighted by molar-refractivity contribution is -0.130. The molecule has 1 aliphatic heterocycles. The van der Waals surface area contributed by atoms with Crippen molar-refractivity contribution in [3.05, 3.63) is 30.0 Å². The smallest absolute Gasteiger partial charge is 0.323 e. The number of aromatic amines is 1. The summed E-state index contributed by atoms with van der Waals surface area (Å²) in [6.07, 6.45) is 3.12. The molecule has 3 rings (SSSR count). The lowest BCUT2D eigenvalue weighted by Gasteiger charge is -2.19. The molecule has 0 spiro atoms. The van der Waals surface area contributed by atoms with Crippen LogP contribution in [0.1, 0.15) is 32.3 Å². The number of benzene rings is 1. The highest BCUT2D eigenvalue weighted by atomic mass is 16.2. The Labute approximate surface area is 140 Å². The van der Waals surface area contributed by atoms with Crippen molar-refractivity contribution in [1.82, 2.24) is 25.7 Å². The van der Waals surface area contributed by atoms with Gasteiger partial charge in [-0.15, -0.1) is 0 Å². The van der Waals surface area contributed by atoms with Crippen molar-refractivity contribution >= 4 is 22.8 Å². The number of aromatic nitrogens is 2. The first-order valence-corrected chi connectivity index (χ1v) is 8.31. The number of hydrogen-bond donors (Lipinski definition) is 3. The Bertz CT molecular complexity index is 756. The highest BCUT2D eigenvalue weighted by Gasteiger charge is 2.45. The van der Waals surface area contributed by atoms with Crippen LogP contribution < -0.4 is 10.6 Å². The molecule has 2 heterocycles. The summed E-state index contributed by atoms with van der Waals surface area (Å²) >= 11 is 0. The van der Waals surface area contributed by atoms with E-state index < -0.39 is 5.54 Å². The van der Waals surface area contributed by atoms with Gasteiger partial charge in [-0.1, -0.05) is 25.1 Å². The van der Waals surface area contributed by atoms with Crippen molar-refractivity contribution in [1.29, 1.82) is 0 Å². The molecule has 24 heavy (non-hydrogen) atoms. The minimum absolute atomic E-state index is 0.128. The Hall–Kier alpha value is -2.41. The second kappa shape index (κ2) is 6.60. The van der Waals surface area contributed by atoms with Crippen LogP contribution in [0.15, 0.2) is 24.4 Å². The highest BCUT2D eigenvalue weighted by Crippen LogP contribution is 2.20. The molecule has 0 radical (unpaired) electrons. The van der Waals surface area contributed by atoms with Crippen LogP contribution in [0.25, 0.3) is 10.9 Å². The SMILES string of the molecule is CC[C@@]1(C)NC(=O)N(CCCNCc2cccc3cn[nH]c23)C1=O. The maximum atomic E-state index is 12.3. The molecule has 128 valence electrons. The van der Waals surface area contributed by atoms with Gasteiger partial charge >= 0.3 is 6.03 Å². The number of H-pyrrole nitrogens is 1. The first-order valence-electron chi connectivity index (χ1n) is 8.31. The molecule has 0 aliphatic carbocycles. The molecule has 7 heteroatoms. The van der Waals surface area contributed by atoms with Crippen LogP contribution in [0.3, 0.4) is 0 Å². The van der Waals surface area contributed by atoms with E-state index >= 15 is 0 Å². The molecule has 7 nitrogen and oxygen atoms in total. The third kappa shape index (κ3) is 2.99. The van der Waals surface area contributed by atoms with Crippen molar-refractivity contribution in [2.75, 3.05) is 13.1 Å². The molecule has 3 N–H and O–H groups in total. The number of amides is 3. The lowest BCUT2D eigenvalue weighted by atomic mass is 9.99. The van der Waals surface area contributed by atoms with E-state index in [1.807, 2.05) is 19.1 Å². The largest absolute Gasteiger partial charge is 0.325 e. The van der Waals surface area contributed by atoms with Gasteiger partial charge in [0.15, 0.2) is 0 Å². The van der Waals surface area contributed by atoms with Crippen molar-refractivity contribution in [3.63, 3.8) is 0 Å². The first kappa shape index (κ1) is 16.4. The van der Waals surface area contributed by atoms with Gasteiger partial charge in [0, 0.05) is 18.5 Å². The lowest BCUT2D eigenvalue weighted by Crippen LogP contribution is -2.43. The first-order chi connectivity index (χ1) is 11.5. The summed E-state index contributed by atoms with van der Waals surface area (Å²) in [5.74, 6) is -0.128. The van der Waals surface area contributed by atoms with E-state index in [-0.39, 0.29) is 11.9 Å². The fourth-order valence-electron chi connectivity index (χ4n) is 2.95. The zero-order valence-electron chi connectivity index (χ0n) is 14.1. The van der Waals surface area contributed by atoms with Gasteiger partial charge in [-0.3, -0.25) is 14.8 Å². The van der Waals surface area contributed by atoms with Gasteiger partial charge in [0.25, 0.3) is 5.91 Å². The summed E-state index contributed by atoms with van der Waals surface area (Å²) in [4.78, 5) is 25.5. The van der Waals surface area contributed by atoms with Crippen molar-refractivity contribution in [2.24, 2.45) is 0 Å². The number of rotatable bonds is 7. The monoisotopic (exact) mass is 329 g/mol. The number of fused-ring (bicyclic) bond motifs is 1. The maximum absolute atomic E-state index is 12.3. The Morgan fingerprint density at radius 2 is 2.17 bits per heavy atom. The summed E-state index contributed by atoms with van der Waals surface area (Å²) in [5, 5.41) is 14.3. The minimum Gasteiger partial charge on any atom is -0.323 e. The van der Waals surface area contributed by atoms with Crippen LogP contribution in [-0.4, -0.2) is 45.7 Å². The summed E-state index contributed by atoms with van der Waals surface area (Å²) in [5.41, 5.74) is 1.44. The number of hydrogen-bond acceptors (Lipinski definition) is 4. The number of imide groups is 1. The van der Waals surface area contributed by atoms with Gasteiger partial charge in [-0.2, -0.15) is 5.10 Å². The Morgan fingerprint density at radius 1 is 1.33 bits per heavy atom. The molecule has 1 aliphatic rings. The second-order valence-corrected chi connectivity index (χ2v) is 6.35. The second-order valence-electron chi connectivity index (χ2n) is 6.35. The van der Waals surface area contributed by atoms with E-state index in [2.05, 4.69) is 26.9 Å². The van der Waals surface area contributed by atoms with Crippen molar-refractivity contribution in [2.45, 2.75) is 38.8 Å². The Kier molecular flexibility index (Phi) is 4.53. The number of nitrogens with zero attached hydrogens (tertiary/aromatic N) is 2. The van der Waals surface area contributed by atoms with Crippen LogP contribution >= 0.6 is 0 Å². The number of para-hydroxylation sites is 1. The van der Waals surface area contributed by atoms with E-state index in [1.54, 1.807) is 13.1 Å². The molecule has 2 aromatic rings. The summed E-state index contributed by atoms with van der Waals surface area (Å²) in [7, 11) is 0. The molecular weight excluding hydrogens is 306 g/mol. The number of nitrogens with one attached hydrogen (secondary N) is 3. The van der Waals surface area contributed by atoms with Crippen LogP contribution in [0, 0.1) is 0 Å². The number of carbonyl (C=O) groups is 2. The van der Waals surface area contributed by atoms with Gasteiger partial charge in [-0.05, 0) is 31.9 Å². The van der Waals surface area contributed by atoms with E-state index in [9.17, 15) is 9.59 Å². The van der Waals surface area contributed by atoms with E-state index in [0.717, 1.165) is 29.4 Å². The third-order valence-electron chi connectivity index (χ3n) is 4.67. The van der Waals surface area contributed by atoms with Gasteiger partial charge < -0.3 is 10.6 Å². The fraction of sp³-hybridized carbons (Fsp3) is 0.471. The Balaban J connectivity index is 1.47. The van der Waals surface area contributed by atoms with E-state index in [4.69, 9.17) is 0 Å². The third-order valence-corrected chi connectivity index (χ3v) is 4.67. The van der Waals surface area contributed by atoms with Gasteiger partial charge in [0.05, 0.1) is 11.7 Å². The van der Waals surface area contributed by atoms with Crippen LogP contribution in [-0.2, 0) is 11.3 Å².